The van der Waals surface area contributed by atoms with E-state index in [4.69, 9.17) is 4.74 Å². The van der Waals surface area contributed by atoms with Gasteiger partial charge >= 0.3 is 0 Å². The lowest BCUT2D eigenvalue weighted by Crippen LogP contribution is -2.09. The maximum Gasteiger partial charge on any atom is 0.257 e. The number of H-pyrrole nitrogens is 1. The lowest BCUT2D eigenvalue weighted by molar-refractivity contribution is 0.306. The largest absolute Gasteiger partial charge is 0.485 e. The van der Waals surface area contributed by atoms with Gasteiger partial charge in [-0.3, -0.25) is 9.78 Å². The number of hydrogen-bond donors (Lipinski definition) is 1. The second-order valence-electron chi connectivity index (χ2n) is 4.29. The molecular weight excluding hydrogens is 320 g/mol. The molecule has 3 aromatic rings. The zero-order valence-corrected chi connectivity index (χ0v) is 12.1. The van der Waals surface area contributed by atoms with Crippen LogP contribution in [0.4, 0.5) is 0 Å². The predicted octanol–water partition coefficient (Wildman–Crippen LogP) is 3.26. The molecule has 0 spiro atoms. The average Bonchev–Trinajstić information content (AvgIpc) is 2.48. The van der Waals surface area contributed by atoms with Crippen LogP contribution >= 0.6 is 15.9 Å². The summed E-state index contributed by atoms with van der Waals surface area (Å²) in [6.45, 7) is 0.426. The summed E-state index contributed by atoms with van der Waals surface area (Å²) >= 11 is 3.33. The minimum atomic E-state index is -0.165. The quantitative estimate of drug-likeness (QED) is 0.750. The van der Waals surface area contributed by atoms with Crippen molar-refractivity contribution in [1.82, 2.24) is 9.97 Å². The van der Waals surface area contributed by atoms with Gasteiger partial charge in [-0.2, -0.15) is 0 Å². The first-order valence-corrected chi connectivity index (χ1v) is 6.87. The summed E-state index contributed by atoms with van der Waals surface area (Å²) in [5.41, 5.74) is 0.893. The van der Waals surface area contributed by atoms with Gasteiger partial charge in [-0.15, -0.1) is 0 Å². The number of benzene rings is 1. The highest BCUT2D eigenvalue weighted by atomic mass is 79.9. The van der Waals surface area contributed by atoms with Crippen LogP contribution in [0, 0.1) is 0 Å². The van der Waals surface area contributed by atoms with Crippen molar-refractivity contribution in [3.05, 3.63) is 69.3 Å². The first kappa shape index (κ1) is 12.9. The standard InChI is InChI=1S/C15H11BrN2O2/c16-14-13(20-9-10-4-2-1-3-5-10)12-8-17-7-6-11(12)15(19)18-14/h1-8H,9H2,(H,18,19). The Morgan fingerprint density at radius 3 is 2.75 bits per heavy atom. The Balaban J connectivity index is 2.01. The fourth-order valence-electron chi connectivity index (χ4n) is 1.99. The smallest absolute Gasteiger partial charge is 0.257 e. The van der Waals surface area contributed by atoms with Crippen LogP contribution in [0.25, 0.3) is 10.8 Å². The van der Waals surface area contributed by atoms with Crippen molar-refractivity contribution < 1.29 is 4.74 Å². The van der Waals surface area contributed by atoms with Gasteiger partial charge in [0, 0.05) is 12.4 Å². The summed E-state index contributed by atoms with van der Waals surface area (Å²) in [6.07, 6.45) is 3.22. The van der Waals surface area contributed by atoms with Gasteiger partial charge in [0.25, 0.3) is 5.56 Å². The molecule has 20 heavy (non-hydrogen) atoms. The van der Waals surface area contributed by atoms with Crippen LogP contribution in [0.5, 0.6) is 5.75 Å². The summed E-state index contributed by atoms with van der Waals surface area (Å²) < 4.78 is 6.36. The number of aromatic nitrogens is 2. The molecule has 0 aliphatic carbocycles. The number of aromatic amines is 1. The lowest BCUT2D eigenvalue weighted by atomic mass is 10.2. The molecule has 0 radical (unpaired) electrons. The van der Waals surface area contributed by atoms with Gasteiger partial charge in [-0.1, -0.05) is 30.3 Å². The van der Waals surface area contributed by atoms with Crippen LogP contribution in [0.1, 0.15) is 5.56 Å². The molecule has 4 nitrogen and oxygen atoms in total. The van der Waals surface area contributed by atoms with E-state index >= 15 is 0 Å². The van der Waals surface area contributed by atoms with Gasteiger partial charge in [-0.25, -0.2) is 0 Å². The molecule has 2 heterocycles. The summed E-state index contributed by atoms with van der Waals surface area (Å²) in [5.74, 6) is 0.594. The van der Waals surface area contributed by atoms with Gasteiger partial charge in [0.15, 0.2) is 5.75 Å². The van der Waals surface area contributed by atoms with E-state index in [-0.39, 0.29) is 5.56 Å². The average molecular weight is 331 g/mol. The molecule has 0 saturated heterocycles. The third kappa shape index (κ3) is 2.44. The predicted molar refractivity (Wildman–Crippen MR) is 80.8 cm³/mol. The Hall–Kier alpha value is -2.14. The molecule has 0 unspecified atom stereocenters. The molecule has 0 atom stereocenters. The Kier molecular flexibility index (Phi) is 3.52. The highest BCUT2D eigenvalue weighted by Crippen LogP contribution is 2.29. The van der Waals surface area contributed by atoms with E-state index in [2.05, 4.69) is 25.9 Å². The van der Waals surface area contributed by atoms with Gasteiger partial charge in [0.05, 0.1) is 10.8 Å². The van der Waals surface area contributed by atoms with Crippen molar-refractivity contribution in [1.29, 1.82) is 0 Å². The van der Waals surface area contributed by atoms with Crippen molar-refractivity contribution in [3.8, 4) is 5.75 Å². The number of pyridine rings is 2. The molecule has 5 heteroatoms. The van der Waals surface area contributed by atoms with Crippen molar-refractivity contribution in [2.75, 3.05) is 0 Å². The Labute approximate surface area is 123 Å². The topological polar surface area (TPSA) is 55.0 Å². The molecule has 0 saturated carbocycles. The molecule has 0 bridgehead atoms. The van der Waals surface area contributed by atoms with Crippen molar-refractivity contribution in [2.24, 2.45) is 0 Å². The molecule has 0 aliphatic heterocycles. The van der Waals surface area contributed by atoms with E-state index in [1.165, 1.54) is 0 Å². The Morgan fingerprint density at radius 1 is 1.15 bits per heavy atom. The molecule has 1 N–H and O–H groups in total. The van der Waals surface area contributed by atoms with E-state index in [0.717, 1.165) is 5.56 Å². The SMILES string of the molecule is O=c1[nH]c(Br)c(OCc2ccccc2)c2cnccc12. The molecule has 0 fully saturated rings. The third-order valence-corrected chi connectivity index (χ3v) is 3.52. The number of nitrogens with one attached hydrogen (secondary N) is 1. The zero-order chi connectivity index (χ0) is 13.9. The minimum absolute atomic E-state index is 0.165. The Morgan fingerprint density at radius 2 is 1.95 bits per heavy atom. The monoisotopic (exact) mass is 330 g/mol. The van der Waals surface area contributed by atoms with E-state index in [1.807, 2.05) is 30.3 Å². The fraction of sp³-hybridized carbons (Fsp3) is 0.0667. The fourth-order valence-corrected chi connectivity index (χ4v) is 2.49. The third-order valence-electron chi connectivity index (χ3n) is 2.96. The van der Waals surface area contributed by atoms with Crippen molar-refractivity contribution in [2.45, 2.75) is 6.61 Å². The number of nitrogens with zero attached hydrogens (tertiary/aromatic N) is 1. The van der Waals surface area contributed by atoms with Crippen molar-refractivity contribution >= 4 is 26.7 Å². The number of halogens is 1. The van der Waals surface area contributed by atoms with Crippen LogP contribution in [0.3, 0.4) is 0 Å². The number of fused-ring (bicyclic) bond motifs is 1. The maximum absolute atomic E-state index is 11.9. The van der Waals surface area contributed by atoms with Crippen LogP contribution in [0.15, 0.2) is 58.2 Å². The maximum atomic E-state index is 11.9. The number of hydrogen-bond acceptors (Lipinski definition) is 3. The second-order valence-corrected chi connectivity index (χ2v) is 5.09. The summed E-state index contributed by atoms with van der Waals surface area (Å²) in [6, 6.07) is 11.5. The highest BCUT2D eigenvalue weighted by molar-refractivity contribution is 9.10. The highest BCUT2D eigenvalue weighted by Gasteiger charge is 2.11. The second kappa shape index (κ2) is 5.46. The van der Waals surface area contributed by atoms with Gasteiger partial charge in [0.2, 0.25) is 0 Å². The van der Waals surface area contributed by atoms with Crippen molar-refractivity contribution in [3.63, 3.8) is 0 Å². The summed E-state index contributed by atoms with van der Waals surface area (Å²) in [7, 11) is 0. The van der Waals surface area contributed by atoms with Crippen LogP contribution in [0.2, 0.25) is 0 Å². The molecule has 3 rings (SSSR count). The normalized spacial score (nSPS) is 10.7. The van der Waals surface area contributed by atoms with Crippen LogP contribution < -0.4 is 10.3 Å². The summed E-state index contributed by atoms with van der Waals surface area (Å²) in [5, 5.41) is 1.25. The number of rotatable bonds is 3. The molecule has 100 valence electrons. The van der Waals surface area contributed by atoms with E-state index < -0.39 is 0 Å². The molecular formula is C15H11BrN2O2. The summed E-state index contributed by atoms with van der Waals surface area (Å²) in [4.78, 5) is 18.6. The van der Waals surface area contributed by atoms with Gasteiger partial charge in [0.1, 0.15) is 11.2 Å². The minimum Gasteiger partial charge on any atom is -0.485 e. The van der Waals surface area contributed by atoms with E-state index in [9.17, 15) is 4.79 Å². The first-order valence-electron chi connectivity index (χ1n) is 6.08. The molecule has 0 aliphatic rings. The van der Waals surface area contributed by atoms with Gasteiger partial charge in [-0.05, 0) is 27.6 Å². The zero-order valence-electron chi connectivity index (χ0n) is 10.5. The molecule has 0 amide bonds. The Bertz CT molecular complexity index is 800. The van der Waals surface area contributed by atoms with Crippen LogP contribution in [-0.4, -0.2) is 9.97 Å². The lowest BCUT2D eigenvalue weighted by Gasteiger charge is -2.10. The van der Waals surface area contributed by atoms with E-state index in [0.29, 0.717) is 27.7 Å². The number of ether oxygens (including phenoxy) is 1. The first-order chi connectivity index (χ1) is 9.75. The molecule has 2 aromatic heterocycles. The van der Waals surface area contributed by atoms with Crippen LogP contribution in [-0.2, 0) is 6.61 Å². The van der Waals surface area contributed by atoms with Gasteiger partial charge < -0.3 is 9.72 Å². The van der Waals surface area contributed by atoms with E-state index in [1.54, 1.807) is 18.5 Å². The molecule has 1 aromatic carbocycles.